The maximum Gasteiger partial charge on any atom is 0.420 e. The molecule has 0 bridgehead atoms. The Morgan fingerprint density at radius 1 is 1.44 bits per heavy atom. The first-order chi connectivity index (χ1) is 8.32. The summed E-state index contributed by atoms with van der Waals surface area (Å²) in [6, 6.07) is 1.49. The standard InChI is InChI=1S/C10H7F5N2O/c1-18-6-4-17-5(2-3-16)7(9(11)12)8(6)10(13,14)15/h4,9H,2H2,1H3. The van der Waals surface area contributed by atoms with Crippen LogP contribution in [-0.2, 0) is 12.6 Å². The number of aromatic nitrogens is 1. The van der Waals surface area contributed by atoms with E-state index in [1.165, 1.54) is 6.07 Å². The summed E-state index contributed by atoms with van der Waals surface area (Å²) < 4.78 is 68.2. The second-order valence-corrected chi connectivity index (χ2v) is 3.20. The van der Waals surface area contributed by atoms with Gasteiger partial charge in [0, 0.05) is 0 Å². The van der Waals surface area contributed by atoms with Crippen LogP contribution in [0, 0.1) is 11.3 Å². The van der Waals surface area contributed by atoms with Gasteiger partial charge in [0.1, 0.15) is 11.3 Å². The molecule has 3 nitrogen and oxygen atoms in total. The van der Waals surface area contributed by atoms with Crippen LogP contribution in [0.1, 0.15) is 23.2 Å². The molecule has 1 heterocycles. The van der Waals surface area contributed by atoms with Gasteiger partial charge in [-0.15, -0.1) is 0 Å². The SMILES string of the molecule is COc1cnc(CC#N)c(C(F)F)c1C(F)(F)F. The molecule has 18 heavy (non-hydrogen) atoms. The highest BCUT2D eigenvalue weighted by molar-refractivity contribution is 5.44. The van der Waals surface area contributed by atoms with E-state index in [0.717, 1.165) is 7.11 Å². The van der Waals surface area contributed by atoms with Gasteiger partial charge in [-0.2, -0.15) is 18.4 Å². The summed E-state index contributed by atoms with van der Waals surface area (Å²) in [5.74, 6) is -0.792. The lowest BCUT2D eigenvalue weighted by Gasteiger charge is -2.17. The fraction of sp³-hybridized carbons (Fsp3) is 0.400. The minimum absolute atomic E-state index is 0.597. The molecule has 0 fully saturated rings. The van der Waals surface area contributed by atoms with Gasteiger partial charge in [0.05, 0.1) is 37.1 Å². The number of alkyl halides is 5. The molecule has 8 heteroatoms. The van der Waals surface area contributed by atoms with E-state index in [0.29, 0.717) is 6.20 Å². The minimum Gasteiger partial charge on any atom is -0.494 e. The first-order valence-electron chi connectivity index (χ1n) is 4.61. The van der Waals surface area contributed by atoms with Crippen LogP contribution in [0.5, 0.6) is 5.75 Å². The molecule has 1 aromatic heterocycles. The third kappa shape index (κ3) is 2.67. The molecule has 0 saturated heterocycles. The quantitative estimate of drug-likeness (QED) is 0.789. The highest BCUT2D eigenvalue weighted by atomic mass is 19.4. The molecule has 0 spiro atoms. The van der Waals surface area contributed by atoms with Crippen LogP contribution in [-0.4, -0.2) is 12.1 Å². The van der Waals surface area contributed by atoms with E-state index >= 15 is 0 Å². The maximum atomic E-state index is 12.8. The summed E-state index contributed by atoms with van der Waals surface area (Å²) in [5.41, 5.74) is -3.48. The van der Waals surface area contributed by atoms with Crippen molar-refractivity contribution in [1.29, 1.82) is 5.26 Å². The largest absolute Gasteiger partial charge is 0.494 e. The van der Waals surface area contributed by atoms with Gasteiger partial charge in [-0.25, -0.2) is 8.78 Å². The van der Waals surface area contributed by atoms with Crippen LogP contribution in [0.2, 0.25) is 0 Å². The molecule has 0 saturated carbocycles. The van der Waals surface area contributed by atoms with Crippen LogP contribution in [0.4, 0.5) is 22.0 Å². The summed E-state index contributed by atoms with van der Waals surface area (Å²) in [5, 5.41) is 8.40. The van der Waals surface area contributed by atoms with Crippen molar-refractivity contribution < 1.29 is 26.7 Å². The lowest BCUT2D eigenvalue weighted by molar-refractivity contribution is -0.140. The molecule has 0 amide bonds. The molecule has 0 aliphatic rings. The van der Waals surface area contributed by atoms with Crippen molar-refractivity contribution in [2.24, 2.45) is 0 Å². The zero-order chi connectivity index (χ0) is 13.9. The average Bonchev–Trinajstić information content (AvgIpc) is 2.27. The molecule has 0 N–H and O–H groups in total. The highest BCUT2D eigenvalue weighted by Gasteiger charge is 2.41. The second-order valence-electron chi connectivity index (χ2n) is 3.20. The number of ether oxygens (including phenoxy) is 1. The normalized spacial score (nSPS) is 11.4. The molecule has 1 aromatic rings. The number of methoxy groups -OCH3 is 1. The molecular formula is C10H7F5N2O. The van der Waals surface area contributed by atoms with Crippen LogP contribution in [0.25, 0.3) is 0 Å². The monoisotopic (exact) mass is 266 g/mol. The van der Waals surface area contributed by atoms with E-state index < -0.39 is 41.6 Å². The number of hydrogen-bond acceptors (Lipinski definition) is 3. The Bertz CT molecular complexity index is 478. The number of halogens is 5. The number of hydrogen-bond donors (Lipinski definition) is 0. The van der Waals surface area contributed by atoms with Gasteiger partial charge in [-0.3, -0.25) is 4.98 Å². The Morgan fingerprint density at radius 3 is 2.44 bits per heavy atom. The molecule has 0 aliphatic heterocycles. The van der Waals surface area contributed by atoms with Crippen molar-refractivity contribution in [3.63, 3.8) is 0 Å². The summed E-state index contributed by atoms with van der Waals surface area (Å²) >= 11 is 0. The van der Waals surface area contributed by atoms with E-state index in [4.69, 9.17) is 5.26 Å². The van der Waals surface area contributed by atoms with E-state index in [1.54, 1.807) is 0 Å². The van der Waals surface area contributed by atoms with Gasteiger partial charge in [0.2, 0.25) is 0 Å². The second kappa shape index (κ2) is 5.16. The summed E-state index contributed by atoms with van der Waals surface area (Å²) in [7, 11) is 0.922. The first-order valence-corrected chi connectivity index (χ1v) is 4.61. The van der Waals surface area contributed by atoms with Crippen molar-refractivity contribution in [2.45, 2.75) is 19.0 Å². The molecule has 0 atom stereocenters. The van der Waals surface area contributed by atoms with Crippen molar-refractivity contribution in [3.05, 3.63) is 23.0 Å². The molecule has 0 radical (unpaired) electrons. The zero-order valence-electron chi connectivity index (χ0n) is 9.05. The third-order valence-electron chi connectivity index (χ3n) is 2.13. The van der Waals surface area contributed by atoms with Crippen LogP contribution in [0.15, 0.2) is 6.20 Å². The summed E-state index contributed by atoms with van der Waals surface area (Å²) in [6.07, 6.45) is -8.36. The third-order valence-corrected chi connectivity index (χ3v) is 2.13. The van der Waals surface area contributed by atoms with E-state index in [2.05, 4.69) is 9.72 Å². The lowest BCUT2D eigenvalue weighted by Crippen LogP contribution is -2.15. The lowest BCUT2D eigenvalue weighted by atomic mass is 10.0. The van der Waals surface area contributed by atoms with Crippen molar-refractivity contribution in [3.8, 4) is 11.8 Å². The van der Waals surface area contributed by atoms with E-state index in [-0.39, 0.29) is 0 Å². The van der Waals surface area contributed by atoms with Crippen molar-refractivity contribution in [2.75, 3.05) is 7.11 Å². The van der Waals surface area contributed by atoms with Crippen LogP contribution < -0.4 is 4.74 Å². The smallest absolute Gasteiger partial charge is 0.420 e. The Hall–Kier alpha value is -1.91. The summed E-state index contributed by atoms with van der Waals surface area (Å²) in [6.45, 7) is 0. The van der Waals surface area contributed by atoms with Crippen molar-refractivity contribution in [1.82, 2.24) is 4.98 Å². The Kier molecular flexibility index (Phi) is 4.06. The Morgan fingerprint density at radius 2 is 2.06 bits per heavy atom. The van der Waals surface area contributed by atoms with Gasteiger partial charge in [-0.1, -0.05) is 0 Å². The van der Waals surface area contributed by atoms with Crippen LogP contribution in [0.3, 0.4) is 0 Å². The minimum atomic E-state index is -5.01. The molecule has 0 aliphatic carbocycles. The Labute approximate surface area is 98.8 Å². The Balaban J connectivity index is 3.60. The molecule has 0 unspecified atom stereocenters. The van der Waals surface area contributed by atoms with Gasteiger partial charge in [0.25, 0.3) is 6.43 Å². The van der Waals surface area contributed by atoms with Gasteiger partial charge < -0.3 is 4.74 Å². The zero-order valence-corrected chi connectivity index (χ0v) is 9.05. The maximum absolute atomic E-state index is 12.8. The fourth-order valence-electron chi connectivity index (χ4n) is 1.45. The molecular weight excluding hydrogens is 259 g/mol. The number of pyridine rings is 1. The summed E-state index contributed by atoms with van der Waals surface area (Å²) in [4.78, 5) is 3.41. The number of nitrogens with zero attached hydrogens (tertiary/aromatic N) is 2. The molecule has 1 rings (SSSR count). The number of nitriles is 1. The average molecular weight is 266 g/mol. The van der Waals surface area contributed by atoms with Gasteiger partial charge in [-0.05, 0) is 0 Å². The number of rotatable bonds is 3. The van der Waals surface area contributed by atoms with Crippen molar-refractivity contribution >= 4 is 0 Å². The first kappa shape index (κ1) is 14.2. The van der Waals surface area contributed by atoms with E-state index in [1.807, 2.05) is 0 Å². The predicted molar refractivity (Wildman–Crippen MR) is 50.1 cm³/mol. The van der Waals surface area contributed by atoms with Crippen LogP contribution >= 0.6 is 0 Å². The molecule has 98 valence electrons. The highest BCUT2D eigenvalue weighted by Crippen LogP contribution is 2.42. The van der Waals surface area contributed by atoms with Gasteiger partial charge >= 0.3 is 6.18 Å². The van der Waals surface area contributed by atoms with Gasteiger partial charge in [0.15, 0.2) is 0 Å². The van der Waals surface area contributed by atoms with E-state index in [9.17, 15) is 22.0 Å². The predicted octanol–water partition coefficient (Wildman–Crippen LogP) is 3.11. The topological polar surface area (TPSA) is 45.9 Å². The fourth-order valence-corrected chi connectivity index (χ4v) is 1.45. The molecule has 0 aromatic carbocycles.